The number of hydrogen-bond acceptors (Lipinski definition) is 4. The van der Waals surface area contributed by atoms with Crippen LogP contribution >= 0.6 is 15.9 Å². The predicted octanol–water partition coefficient (Wildman–Crippen LogP) is 2.99. The number of aryl methyl sites for hydroxylation is 1. The molecule has 0 fully saturated rings. The molecule has 1 atom stereocenters. The summed E-state index contributed by atoms with van der Waals surface area (Å²) in [4.78, 5) is 4.14. The van der Waals surface area contributed by atoms with Gasteiger partial charge in [0, 0.05) is 17.4 Å². The van der Waals surface area contributed by atoms with Crippen molar-refractivity contribution in [1.29, 1.82) is 0 Å². The van der Waals surface area contributed by atoms with E-state index in [1.54, 1.807) is 6.92 Å². The monoisotopic (exact) mass is 295 g/mol. The van der Waals surface area contributed by atoms with Crippen LogP contribution in [0.25, 0.3) is 0 Å². The maximum Gasteiger partial charge on any atom is 0.223 e. The third kappa shape index (κ3) is 3.38. The number of rotatable bonds is 4. The minimum atomic E-state index is 0.242. The molecule has 0 radical (unpaired) electrons. The summed E-state index contributed by atoms with van der Waals surface area (Å²) in [5.74, 6) is 1.28. The van der Waals surface area contributed by atoms with Gasteiger partial charge in [-0.2, -0.15) is 4.98 Å². The van der Waals surface area contributed by atoms with Crippen LogP contribution in [0.5, 0.6) is 0 Å². The zero-order valence-corrected chi connectivity index (χ0v) is 11.4. The Bertz CT molecular complexity index is 498. The van der Waals surface area contributed by atoms with Gasteiger partial charge in [0.25, 0.3) is 0 Å². The van der Waals surface area contributed by atoms with E-state index in [1.807, 2.05) is 12.1 Å². The van der Waals surface area contributed by atoms with Crippen molar-refractivity contribution in [2.75, 3.05) is 0 Å². The van der Waals surface area contributed by atoms with Crippen LogP contribution < -0.4 is 5.32 Å². The van der Waals surface area contributed by atoms with Gasteiger partial charge in [-0.3, -0.25) is 0 Å². The van der Waals surface area contributed by atoms with Crippen LogP contribution in [0.2, 0.25) is 0 Å². The summed E-state index contributed by atoms with van der Waals surface area (Å²) in [6.45, 7) is 4.49. The molecule has 2 rings (SSSR count). The minimum Gasteiger partial charge on any atom is -0.340 e. The molecule has 0 spiro atoms. The van der Waals surface area contributed by atoms with Gasteiger partial charge >= 0.3 is 0 Å². The second-order valence-electron chi connectivity index (χ2n) is 3.89. The van der Waals surface area contributed by atoms with Crippen molar-refractivity contribution in [3.63, 3.8) is 0 Å². The molecule has 5 heteroatoms. The average Bonchev–Trinajstić information content (AvgIpc) is 2.72. The van der Waals surface area contributed by atoms with Crippen LogP contribution in [0.1, 0.15) is 30.2 Å². The van der Waals surface area contributed by atoms with Crippen LogP contribution in [0.3, 0.4) is 0 Å². The second-order valence-corrected chi connectivity index (χ2v) is 4.80. The maximum absolute atomic E-state index is 4.91. The Labute approximate surface area is 109 Å². The standard InChI is InChI=1S/C12H14BrN3O/c1-8(10-4-3-5-11(13)6-10)14-7-12-15-9(2)17-16-12/h3-6,8,14H,7H2,1-2H3/t8-/m0/s1. The molecule has 17 heavy (non-hydrogen) atoms. The molecule has 0 unspecified atom stereocenters. The summed E-state index contributed by atoms with van der Waals surface area (Å²) in [6.07, 6.45) is 0. The number of nitrogens with one attached hydrogen (secondary N) is 1. The lowest BCUT2D eigenvalue weighted by molar-refractivity contribution is 0.384. The Balaban J connectivity index is 1.95. The average molecular weight is 296 g/mol. The molecule has 0 saturated carbocycles. The lowest BCUT2D eigenvalue weighted by Gasteiger charge is -2.12. The maximum atomic E-state index is 4.91. The van der Waals surface area contributed by atoms with E-state index >= 15 is 0 Å². The Morgan fingerprint density at radius 1 is 1.47 bits per heavy atom. The normalized spacial score (nSPS) is 12.6. The lowest BCUT2D eigenvalue weighted by atomic mass is 10.1. The molecular formula is C12H14BrN3O. The Kier molecular flexibility index (Phi) is 3.91. The molecule has 2 aromatic rings. The topological polar surface area (TPSA) is 51.0 Å². The number of nitrogens with zero attached hydrogens (tertiary/aromatic N) is 2. The van der Waals surface area contributed by atoms with Crippen LogP contribution in [0.4, 0.5) is 0 Å². The van der Waals surface area contributed by atoms with Crippen molar-refractivity contribution in [2.45, 2.75) is 26.4 Å². The fraction of sp³-hybridized carbons (Fsp3) is 0.333. The van der Waals surface area contributed by atoms with Gasteiger partial charge in [0.15, 0.2) is 5.82 Å². The largest absolute Gasteiger partial charge is 0.340 e. The van der Waals surface area contributed by atoms with Crippen molar-refractivity contribution in [2.24, 2.45) is 0 Å². The van der Waals surface area contributed by atoms with Gasteiger partial charge in [-0.15, -0.1) is 0 Å². The zero-order valence-electron chi connectivity index (χ0n) is 9.77. The number of aromatic nitrogens is 2. The highest BCUT2D eigenvalue weighted by molar-refractivity contribution is 9.10. The third-order valence-electron chi connectivity index (χ3n) is 2.48. The molecule has 0 bridgehead atoms. The number of hydrogen-bond donors (Lipinski definition) is 1. The van der Waals surface area contributed by atoms with Crippen LogP contribution in [0.15, 0.2) is 33.3 Å². The van der Waals surface area contributed by atoms with Crippen molar-refractivity contribution >= 4 is 15.9 Å². The van der Waals surface area contributed by atoms with Gasteiger partial charge in [0.2, 0.25) is 5.89 Å². The van der Waals surface area contributed by atoms with E-state index in [4.69, 9.17) is 4.52 Å². The number of benzene rings is 1. The predicted molar refractivity (Wildman–Crippen MR) is 68.4 cm³/mol. The zero-order chi connectivity index (χ0) is 12.3. The van der Waals surface area contributed by atoms with E-state index in [0.717, 1.165) is 4.47 Å². The Morgan fingerprint density at radius 2 is 2.29 bits per heavy atom. The highest BCUT2D eigenvalue weighted by Crippen LogP contribution is 2.17. The smallest absolute Gasteiger partial charge is 0.223 e. The van der Waals surface area contributed by atoms with Gasteiger partial charge in [0.1, 0.15) is 0 Å². The first-order valence-corrected chi connectivity index (χ1v) is 6.22. The fourth-order valence-corrected chi connectivity index (χ4v) is 1.97. The highest BCUT2D eigenvalue weighted by Gasteiger charge is 2.07. The van der Waals surface area contributed by atoms with Crippen molar-refractivity contribution in [1.82, 2.24) is 15.5 Å². The Hall–Kier alpha value is -1.20. The van der Waals surface area contributed by atoms with E-state index in [0.29, 0.717) is 18.3 Å². The number of halogens is 1. The molecule has 90 valence electrons. The van der Waals surface area contributed by atoms with Crippen molar-refractivity contribution in [3.05, 3.63) is 46.0 Å². The first kappa shape index (κ1) is 12.3. The van der Waals surface area contributed by atoms with Crippen molar-refractivity contribution < 1.29 is 4.52 Å². The summed E-state index contributed by atoms with van der Waals surface area (Å²) < 4.78 is 6.00. The molecule has 1 N–H and O–H groups in total. The summed E-state index contributed by atoms with van der Waals surface area (Å²) in [5.41, 5.74) is 1.22. The quantitative estimate of drug-likeness (QED) is 0.942. The summed E-state index contributed by atoms with van der Waals surface area (Å²) in [5, 5.41) is 7.19. The van der Waals surface area contributed by atoms with Gasteiger partial charge < -0.3 is 9.84 Å². The van der Waals surface area contributed by atoms with E-state index < -0.39 is 0 Å². The molecule has 0 aliphatic carbocycles. The van der Waals surface area contributed by atoms with E-state index in [2.05, 4.69) is 50.4 Å². The molecule has 1 aromatic heterocycles. The van der Waals surface area contributed by atoms with Crippen molar-refractivity contribution in [3.8, 4) is 0 Å². The van der Waals surface area contributed by atoms with Gasteiger partial charge in [0.05, 0.1) is 6.54 Å². The third-order valence-corrected chi connectivity index (χ3v) is 2.98. The van der Waals surface area contributed by atoms with Crippen LogP contribution in [-0.4, -0.2) is 10.1 Å². The SMILES string of the molecule is Cc1nc(CN[C@@H](C)c2cccc(Br)c2)no1. The molecule has 1 aromatic carbocycles. The molecule has 0 aliphatic rings. The van der Waals surface area contributed by atoms with Gasteiger partial charge in [-0.25, -0.2) is 0 Å². The summed E-state index contributed by atoms with van der Waals surface area (Å²) in [7, 11) is 0. The van der Waals surface area contributed by atoms with E-state index in [1.165, 1.54) is 5.56 Å². The first-order valence-electron chi connectivity index (χ1n) is 5.43. The molecule has 0 aliphatic heterocycles. The minimum absolute atomic E-state index is 0.242. The highest BCUT2D eigenvalue weighted by atomic mass is 79.9. The van der Waals surface area contributed by atoms with E-state index in [9.17, 15) is 0 Å². The molecule has 0 saturated heterocycles. The van der Waals surface area contributed by atoms with Crippen LogP contribution in [0, 0.1) is 6.92 Å². The summed E-state index contributed by atoms with van der Waals surface area (Å²) >= 11 is 3.46. The fourth-order valence-electron chi connectivity index (χ4n) is 1.55. The molecule has 0 amide bonds. The molecule has 1 heterocycles. The first-order chi connectivity index (χ1) is 8.15. The molecular weight excluding hydrogens is 282 g/mol. The Morgan fingerprint density at radius 3 is 2.94 bits per heavy atom. The van der Waals surface area contributed by atoms with Crippen LogP contribution in [-0.2, 0) is 6.54 Å². The lowest BCUT2D eigenvalue weighted by Crippen LogP contribution is -2.18. The van der Waals surface area contributed by atoms with Gasteiger partial charge in [-0.05, 0) is 24.6 Å². The summed E-state index contributed by atoms with van der Waals surface area (Å²) in [6, 6.07) is 8.46. The molecule has 4 nitrogen and oxygen atoms in total. The second kappa shape index (κ2) is 5.42. The van der Waals surface area contributed by atoms with Gasteiger partial charge in [-0.1, -0.05) is 33.2 Å². The van der Waals surface area contributed by atoms with E-state index in [-0.39, 0.29) is 6.04 Å².